The molecule has 1 aromatic rings. The second kappa shape index (κ2) is 6.74. The molecule has 0 aliphatic heterocycles. The van der Waals surface area contributed by atoms with Gasteiger partial charge in [0, 0.05) is 6.42 Å². The van der Waals surface area contributed by atoms with E-state index in [0.717, 1.165) is 11.3 Å². The molecule has 0 aliphatic carbocycles. The fraction of sp³-hybridized carbons (Fsp3) is 0.357. The summed E-state index contributed by atoms with van der Waals surface area (Å²) in [5.41, 5.74) is 2.24. The third kappa shape index (κ3) is 5.76. The Morgan fingerprint density at radius 3 is 2.47 bits per heavy atom. The van der Waals surface area contributed by atoms with Crippen LogP contribution in [0.3, 0.4) is 0 Å². The van der Waals surface area contributed by atoms with Crippen LogP contribution in [0.2, 0.25) is 0 Å². The van der Waals surface area contributed by atoms with Crippen LogP contribution >= 0.6 is 0 Å². The summed E-state index contributed by atoms with van der Waals surface area (Å²) in [6, 6.07) is 7.55. The van der Waals surface area contributed by atoms with Crippen LogP contribution in [0.1, 0.15) is 25.8 Å². The van der Waals surface area contributed by atoms with Crippen LogP contribution < -0.4 is 4.74 Å². The number of allylic oxidation sites excluding steroid dienone is 1. The second-order valence-electron chi connectivity index (χ2n) is 4.13. The summed E-state index contributed by atoms with van der Waals surface area (Å²) in [5.74, 6) is 0.0375. The lowest BCUT2D eigenvalue weighted by Gasteiger charge is -2.04. The van der Waals surface area contributed by atoms with E-state index in [1.807, 2.05) is 44.2 Å². The average Bonchev–Trinajstić information content (AvgIpc) is 2.27. The van der Waals surface area contributed by atoms with Gasteiger partial charge in [0.05, 0.1) is 0 Å². The van der Waals surface area contributed by atoms with Gasteiger partial charge in [0.1, 0.15) is 12.4 Å². The molecule has 0 saturated carbocycles. The van der Waals surface area contributed by atoms with E-state index in [1.165, 1.54) is 5.57 Å². The molecule has 3 heteroatoms. The Bertz CT molecular complexity index is 386. The molecule has 0 atom stereocenters. The summed E-state index contributed by atoms with van der Waals surface area (Å²) in [7, 11) is 0. The highest BCUT2D eigenvalue weighted by atomic mass is 16.5. The van der Waals surface area contributed by atoms with Crippen molar-refractivity contribution in [2.75, 3.05) is 6.61 Å². The van der Waals surface area contributed by atoms with Crippen molar-refractivity contribution in [1.82, 2.24) is 0 Å². The van der Waals surface area contributed by atoms with Crippen molar-refractivity contribution in [3.8, 4) is 5.75 Å². The summed E-state index contributed by atoms with van der Waals surface area (Å²) >= 11 is 0. The van der Waals surface area contributed by atoms with Crippen LogP contribution in [0.4, 0.5) is 0 Å². The van der Waals surface area contributed by atoms with Gasteiger partial charge in [0.15, 0.2) is 0 Å². The second-order valence-corrected chi connectivity index (χ2v) is 4.13. The van der Waals surface area contributed by atoms with Gasteiger partial charge in [-0.1, -0.05) is 17.7 Å². The van der Waals surface area contributed by atoms with Gasteiger partial charge < -0.3 is 9.84 Å². The highest BCUT2D eigenvalue weighted by molar-refractivity contribution is 5.67. The van der Waals surface area contributed by atoms with Crippen molar-refractivity contribution in [2.24, 2.45) is 0 Å². The number of ether oxygens (including phenoxy) is 1. The quantitative estimate of drug-likeness (QED) is 0.769. The molecule has 0 radical (unpaired) electrons. The predicted molar refractivity (Wildman–Crippen MR) is 67.3 cm³/mol. The van der Waals surface area contributed by atoms with Crippen LogP contribution in [0.5, 0.6) is 5.75 Å². The highest BCUT2D eigenvalue weighted by Gasteiger charge is 1.99. The van der Waals surface area contributed by atoms with Gasteiger partial charge >= 0.3 is 5.97 Å². The minimum absolute atomic E-state index is 0.165. The van der Waals surface area contributed by atoms with Crippen LogP contribution in [0.25, 0.3) is 0 Å². The molecule has 0 spiro atoms. The van der Waals surface area contributed by atoms with E-state index in [4.69, 9.17) is 9.84 Å². The minimum Gasteiger partial charge on any atom is -0.490 e. The van der Waals surface area contributed by atoms with Gasteiger partial charge in [0.2, 0.25) is 0 Å². The molecule has 1 N–H and O–H groups in total. The molecule has 0 saturated heterocycles. The third-order valence-corrected chi connectivity index (χ3v) is 2.29. The van der Waals surface area contributed by atoms with Crippen LogP contribution in [-0.2, 0) is 11.2 Å². The largest absolute Gasteiger partial charge is 0.490 e. The van der Waals surface area contributed by atoms with E-state index in [0.29, 0.717) is 13.0 Å². The van der Waals surface area contributed by atoms with Crippen molar-refractivity contribution in [3.63, 3.8) is 0 Å². The van der Waals surface area contributed by atoms with Gasteiger partial charge in [-0.3, -0.25) is 4.79 Å². The van der Waals surface area contributed by atoms with Gasteiger partial charge in [-0.25, -0.2) is 0 Å². The fourth-order valence-electron chi connectivity index (χ4n) is 1.31. The summed E-state index contributed by atoms with van der Waals surface area (Å²) in [6.45, 7) is 4.62. The summed E-state index contributed by atoms with van der Waals surface area (Å²) in [6.07, 6.45) is 2.74. The number of aryl methyl sites for hydroxylation is 1. The van der Waals surface area contributed by atoms with Crippen molar-refractivity contribution >= 4 is 5.97 Å². The number of hydrogen-bond acceptors (Lipinski definition) is 2. The molecule has 0 aliphatic rings. The number of hydrogen-bond donors (Lipinski definition) is 1. The molecule has 92 valence electrons. The molecular formula is C14H18O3. The van der Waals surface area contributed by atoms with E-state index < -0.39 is 5.97 Å². The first-order valence-electron chi connectivity index (χ1n) is 5.65. The first kappa shape index (κ1) is 13.3. The topological polar surface area (TPSA) is 46.5 Å². The van der Waals surface area contributed by atoms with E-state index in [-0.39, 0.29) is 6.42 Å². The normalized spacial score (nSPS) is 9.76. The lowest BCUT2D eigenvalue weighted by Crippen LogP contribution is -1.98. The number of aliphatic carboxylic acids is 1. The van der Waals surface area contributed by atoms with Gasteiger partial charge in [-0.15, -0.1) is 0 Å². The zero-order chi connectivity index (χ0) is 12.7. The molecule has 0 amide bonds. The SMILES string of the molecule is CC(C)=CCOc1ccc(CCC(=O)O)cc1. The molecule has 1 rings (SSSR count). The zero-order valence-electron chi connectivity index (χ0n) is 10.3. The fourth-order valence-corrected chi connectivity index (χ4v) is 1.31. The first-order valence-corrected chi connectivity index (χ1v) is 5.65. The van der Waals surface area contributed by atoms with Gasteiger partial charge in [0.25, 0.3) is 0 Å². The van der Waals surface area contributed by atoms with Crippen LogP contribution in [0, 0.1) is 0 Å². The Morgan fingerprint density at radius 1 is 1.29 bits per heavy atom. The number of rotatable bonds is 6. The lowest BCUT2D eigenvalue weighted by atomic mass is 10.1. The Kier molecular flexibility index (Phi) is 5.27. The molecule has 1 aromatic carbocycles. The number of carboxylic acid groups (broad SMARTS) is 1. The van der Waals surface area contributed by atoms with E-state index in [2.05, 4.69) is 0 Å². The summed E-state index contributed by atoms with van der Waals surface area (Å²) < 4.78 is 5.50. The molecule has 3 nitrogen and oxygen atoms in total. The Labute approximate surface area is 102 Å². The van der Waals surface area contributed by atoms with Crippen LogP contribution in [-0.4, -0.2) is 17.7 Å². The van der Waals surface area contributed by atoms with E-state index >= 15 is 0 Å². The third-order valence-electron chi connectivity index (χ3n) is 2.29. The highest BCUT2D eigenvalue weighted by Crippen LogP contribution is 2.13. The predicted octanol–water partition coefficient (Wildman–Crippen LogP) is 3.05. The molecular weight excluding hydrogens is 216 g/mol. The smallest absolute Gasteiger partial charge is 0.303 e. The monoisotopic (exact) mass is 234 g/mol. The summed E-state index contributed by atoms with van der Waals surface area (Å²) in [4.78, 5) is 10.4. The lowest BCUT2D eigenvalue weighted by molar-refractivity contribution is -0.136. The Balaban J connectivity index is 2.44. The molecule has 0 fully saturated rings. The van der Waals surface area contributed by atoms with Crippen molar-refractivity contribution in [1.29, 1.82) is 0 Å². The van der Waals surface area contributed by atoms with E-state index in [1.54, 1.807) is 0 Å². The molecule has 0 heterocycles. The van der Waals surface area contributed by atoms with Gasteiger partial charge in [-0.05, 0) is 44.0 Å². The number of carbonyl (C=O) groups is 1. The maximum atomic E-state index is 10.4. The Hall–Kier alpha value is -1.77. The Morgan fingerprint density at radius 2 is 1.94 bits per heavy atom. The maximum Gasteiger partial charge on any atom is 0.303 e. The van der Waals surface area contributed by atoms with Crippen molar-refractivity contribution < 1.29 is 14.6 Å². The number of benzene rings is 1. The molecule has 0 aromatic heterocycles. The molecule has 17 heavy (non-hydrogen) atoms. The number of carboxylic acids is 1. The average molecular weight is 234 g/mol. The maximum absolute atomic E-state index is 10.4. The summed E-state index contributed by atoms with van der Waals surface area (Å²) in [5, 5.41) is 8.57. The molecule has 0 unspecified atom stereocenters. The van der Waals surface area contributed by atoms with Gasteiger partial charge in [-0.2, -0.15) is 0 Å². The van der Waals surface area contributed by atoms with Crippen LogP contribution in [0.15, 0.2) is 35.9 Å². The van der Waals surface area contributed by atoms with Crippen molar-refractivity contribution in [3.05, 3.63) is 41.5 Å². The standard InChI is InChI=1S/C14H18O3/c1-11(2)9-10-17-13-6-3-12(4-7-13)5-8-14(15)16/h3-4,6-7,9H,5,8,10H2,1-2H3,(H,15,16). The zero-order valence-corrected chi connectivity index (χ0v) is 10.3. The first-order chi connectivity index (χ1) is 8.08. The van der Waals surface area contributed by atoms with Crippen molar-refractivity contribution in [2.45, 2.75) is 26.7 Å². The minimum atomic E-state index is -0.770. The molecule has 0 bridgehead atoms. The van der Waals surface area contributed by atoms with E-state index in [9.17, 15) is 4.79 Å².